The van der Waals surface area contributed by atoms with Crippen LogP contribution in [0.5, 0.6) is 0 Å². The van der Waals surface area contributed by atoms with Crippen LogP contribution in [0.25, 0.3) is 0 Å². The number of carbonyl (C=O) groups is 2. The van der Waals surface area contributed by atoms with Gasteiger partial charge in [0, 0.05) is 28.6 Å². The minimum atomic E-state index is -0.837. The van der Waals surface area contributed by atoms with Gasteiger partial charge in [0.2, 0.25) is 0 Å². The second kappa shape index (κ2) is 33.1. The van der Waals surface area contributed by atoms with Crippen LogP contribution in [0.1, 0.15) is 142 Å². The van der Waals surface area contributed by atoms with E-state index in [4.69, 9.17) is 10.2 Å². The van der Waals surface area contributed by atoms with Crippen molar-refractivity contribution in [3.05, 3.63) is 24.3 Å². The Morgan fingerprint density at radius 3 is 0.970 bits per heavy atom. The topological polar surface area (TPSA) is 74.6 Å². The van der Waals surface area contributed by atoms with Gasteiger partial charge in [-0.2, -0.15) is 0 Å². The zero-order valence-corrected chi connectivity index (χ0v) is 22.5. The Balaban J connectivity index is -0.000000529. The van der Waals surface area contributed by atoms with Crippen LogP contribution in [-0.2, 0) is 26.1 Å². The molecule has 0 saturated carbocycles. The maximum absolute atomic E-state index is 10.2. The van der Waals surface area contributed by atoms with Gasteiger partial charge < -0.3 is 10.2 Å². The molecule has 0 rings (SSSR count). The number of allylic oxidation sites excluding steroid dienone is 2. The second-order valence-electron chi connectivity index (χ2n) is 8.72. The van der Waals surface area contributed by atoms with Crippen molar-refractivity contribution in [2.45, 2.75) is 142 Å². The number of aliphatic carboxylic acids is 2. The van der Waals surface area contributed by atoms with Crippen LogP contribution in [0.15, 0.2) is 24.3 Å². The monoisotopic (exact) mass is 510 g/mol. The van der Waals surface area contributed by atoms with Crippen molar-refractivity contribution >= 4 is 11.9 Å². The first-order chi connectivity index (χ1) is 15.5. The van der Waals surface area contributed by atoms with Crippen molar-refractivity contribution in [1.29, 1.82) is 0 Å². The molecule has 5 heteroatoms. The van der Waals surface area contributed by atoms with Gasteiger partial charge in [0.15, 0.2) is 0 Å². The summed E-state index contributed by atoms with van der Waals surface area (Å²) in [5, 5.41) is 16.7. The molecule has 0 fully saturated rings. The molecule has 0 aliphatic carbocycles. The molecule has 0 bridgehead atoms. The Hall–Kier alpha value is -1.09. The van der Waals surface area contributed by atoms with Crippen LogP contribution in [0.3, 0.4) is 0 Å². The smallest absolute Gasteiger partial charge is 0.327 e. The number of carboxylic acid groups (broad SMARTS) is 2. The van der Waals surface area contributed by atoms with E-state index in [0.29, 0.717) is 0 Å². The quantitative estimate of drug-likeness (QED) is 0.0864. The molecular weight excluding hydrogens is 459 g/mol. The molecule has 0 aliphatic heterocycles. The Kier molecular flexibility index (Phi) is 36.6. The molecule has 0 unspecified atom stereocenters. The summed E-state index contributed by atoms with van der Waals surface area (Å²) in [6, 6.07) is 0. The maximum atomic E-state index is 10.2. The van der Waals surface area contributed by atoms with Gasteiger partial charge in [-0.1, -0.05) is 129 Å². The third-order valence-electron chi connectivity index (χ3n) is 5.47. The van der Waals surface area contributed by atoms with Crippen LogP contribution in [0, 0.1) is 0 Å². The van der Waals surface area contributed by atoms with Gasteiger partial charge in [0.05, 0.1) is 0 Å². The van der Waals surface area contributed by atoms with Crippen LogP contribution in [0.2, 0.25) is 0 Å². The minimum absolute atomic E-state index is 0. The molecule has 0 aromatic heterocycles. The largest absolute Gasteiger partial charge is 0.478 e. The molecule has 2 N–H and O–H groups in total. The van der Waals surface area contributed by atoms with Gasteiger partial charge in [-0.05, 0) is 25.7 Å². The van der Waals surface area contributed by atoms with Gasteiger partial charge >= 0.3 is 11.9 Å². The molecule has 0 heterocycles. The summed E-state index contributed by atoms with van der Waals surface area (Å²) >= 11 is 0. The summed E-state index contributed by atoms with van der Waals surface area (Å²) in [5.41, 5.74) is 0. The van der Waals surface area contributed by atoms with Crippen LogP contribution in [0.4, 0.5) is 0 Å². The summed E-state index contributed by atoms with van der Waals surface area (Å²) in [5.74, 6) is -1.67. The first-order valence-electron chi connectivity index (χ1n) is 13.3. The number of rotatable bonds is 22. The van der Waals surface area contributed by atoms with E-state index >= 15 is 0 Å². The summed E-state index contributed by atoms with van der Waals surface area (Å²) in [6.45, 7) is 4.48. The summed E-state index contributed by atoms with van der Waals surface area (Å²) < 4.78 is 0. The summed E-state index contributed by atoms with van der Waals surface area (Å²) in [6.07, 6.45) is 31.4. The van der Waals surface area contributed by atoms with E-state index < -0.39 is 11.9 Å². The van der Waals surface area contributed by atoms with Crippen molar-refractivity contribution in [2.75, 3.05) is 0 Å². The zero-order valence-electron chi connectivity index (χ0n) is 21.5. The van der Waals surface area contributed by atoms with Gasteiger partial charge in [-0.15, -0.1) is 0 Å². The third-order valence-corrected chi connectivity index (χ3v) is 5.47. The zero-order chi connectivity index (χ0) is 24.1. The van der Waals surface area contributed by atoms with Crippen molar-refractivity contribution in [3.63, 3.8) is 0 Å². The molecule has 0 spiro atoms. The van der Waals surface area contributed by atoms with Gasteiger partial charge in [0.1, 0.15) is 0 Å². The molecule has 198 valence electrons. The van der Waals surface area contributed by atoms with E-state index in [1.807, 2.05) is 0 Å². The van der Waals surface area contributed by atoms with Crippen molar-refractivity contribution < 1.29 is 36.3 Å². The Bertz CT molecular complexity index is 419. The first kappa shape index (κ1) is 36.5. The molecule has 0 aliphatic rings. The average Bonchev–Trinajstić information content (AvgIpc) is 2.76. The van der Waals surface area contributed by atoms with E-state index in [2.05, 4.69) is 13.8 Å². The minimum Gasteiger partial charge on any atom is -0.478 e. The maximum Gasteiger partial charge on any atom is 0.327 e. The summed E-state index contributed by atoms with van der Waals surface area (Å²) in [7, 11) is 0. The average molecular weight is 511 g/mol. The molecule has 33 heavy (non-hydrogen) atoms. The van der Waals surface area contributed by atoms with Gasteiger partial charge in [-0.25, -0.2) is 9.59 Å². The predicted octanol–water partition coefficient (Wildman–Crippen LogP) is 9.09. The Morgan fingerprint density at radius 1 is 0.485 bits per heavy atom. The molecule has 0 amide bonds. The molecule has 0 atom stereocenters. The SMILES string of the molecule is CCCCCCCCCCCC=CC(=O)O.CCCCCCCCCCCC=CC(=O)O.[Ni]. The van der Waals surface area contributed by atoms with Gasteiger partial charge in [-0.3, -0.25) is 0 Å². The van der Waals surface area contributed by atoms with Crippen molar-refractivity contribution in [2.24, 2.45) is 0 Å². The molecular formula is C28H52NiO4. The molecule has 0 aromatic rings. The van der Waals surface area contributed by atoms with Crippen LogP contribution < -0.4 is 0 Å². The van der Waals surface area contributed by atoms with Crippen molar-refractivity contribution in [3.8, 4) is 0 Å². The number of carboxylic acids is 2. The van der Waals surface area contributed by atoms with E-state index in [1.165, 1.54) is 115 Å². The predicted molar refractivity (Wildman–Crippen MR) is 137 cm³/mol. The molecule has 0 aromatic carbocycles. The van der Waals surface area contributed by atoms with Gasteiger partial charge in [0.25, 0.3) is 0 Å². The van der Waals surface area contributed by atoms with E-state index in [0.717, 1.165) is 25.7 Å². The fourth-order valence-electron chi connectivity index (χ4n) is 3.51. The van der Waals surface area contributed by atoms with Crippen LogP contribution in [-0.4, -0.2) is 22.2 Å². The normalized spacial score (nSPS) is 10.7. The fraction of sp³-hybridized carbons (Fsp3) is 0.786. The number of unbranched alkanes of at least 4 members (excludes halogenated alkanes) is 18. The Morgan fingerprint density at radius 2 is 0.727 bits per heavy atom. The number of hydrogen-bond donors (Lipinski definition) is 2. The van der Waals surface area contributed by atoms with Crippen molar-refractivity contribution in [1.82, 2.24) is 0 Å². The second-order valence-corrected chi connectivity index (χ2v) is 8.72. The van der Waals surface area contributed by atoms with Crippen LogP contribution >= 0.6 is 0 Å². The van der Waals surface area contributed by atoms with E-state index in [-0.39, 0.29) is 16.5 Å². The summed E-state index contributed by atoms with van der Waals surface area (Å²) in [4.78, 5) is 20.3. The Labute approximate surface area is 214 Å². The first-order valence-corrected chi connectivity index (χ1v) is 13.3. The molecule has 0 radical (unpaired) electrons. The number of hydrogen-bond acceptors (Lipinski definition) is 2. The molecule has 0 saturated heterocycles. The standard InChI is InChI=1S/2C14H26O2.Ni/c2*1-2-3-4-5-6-7-8-9-10-11-12-13-14(15)16;/h2*12-13H,2-11H2,1H3,(H,15,16);. The third kappa shape index (κ3) is 41.6. The van der Waals surface area contributed by atoms with E-state index in [1.54, 1.807) is 12.2 Å². The molecule has 4 nitrogen and oxygen atoms in total. The fourth-order valence-corrected chi connectivity index (χ4v) is 3.51. The van der Waals surface area contributed by atoms with E-state index in [9.17, 15) is 9.59 Å².